The van der Waals surface area contributed by atoms with Crippen molar-refractivity contribution in [1.29, 1.82) is 0 Å². The van der Waals surface area contributed by atoms with Crippen LogP contribution in [-0.2, 0) is 6.42 Å². The molecule has 0 aliphatic rings. The van der Waals surface area contributed by atoms with Crippen LogP contribution in [0.4, 0.5) is 0 Å². The van der Waals surface area contributed by atoms with E-state index >= 15 is 0 Å². The van der Waals surface area contributed by atoms with Gasteiger partial charge in [-0.05, 0) is 28.8 Å². The first-order chi connectivity index (χ1) is 6.00. The smallest absolute Gasteiger partial charge is 0.265 e. The zero-order valence-electron chi connectivity index (χ0n) is 8.02. The maximum atomic E-state index is 11.3. The van der Waals surface area contributed by atoms with Crippen molar-refractivity contribution in [2.24, 2.45) is 5.92 Å². The topological polar surface area (TPSA) is 45.8 Å². The lowest BCUT2D eigenvalue weighted by molar-refractivity contribution is 0.616. The average Bonchev–Trinajstić information content (AvgIpc) is 1.98. The molecule has 13 heavy (non-hydrogen) atoms. The Hall–Kier alpha value is -0.640. The van der Waals surface area contributed by atoms with Crippen LogP contribution in [0.25, 0.3) is 0 Å². The summed E-state index contributed by atoms with van der Waals surface area (Å²) in [5, 5.41) is 0. The lowest BCUT2D eigenvalue weighted by Crippen LogP contribution is -2.15. The molecule has 1 aromatic heterocycles. The average molecular weight is 245 g/mol. The number of halogens is 1. The molecule has 4 heteroatoms. The molecule has 0 aliphatic carbocycles. The minimum Gasteiger partial charge on any atom is -0.310 e. The first-order valence-corrected chi connectivity index (χ1v) is 5.05. The second-order valence-corrected chi connectivity index (χ2v) is 4.30. The second-order valence-electron chi connectivity index (χ2n) is 3.51. The van der Waals surface area contributed by atoms with Gasteiger partial charge in [-0.2, -0.15) is 0 Å². The van der Waals surface area contributed by atoms with Gasteiger partial charge in [0, 0.05) is 6.42 Å². The molecule has 0 spiro atoms. The Balaban J connectivity index is 3.06. The summed E-state index contributed by atoms with van der Waals surface area (Å²) in [5.41, 5.74) is 0.655. The maximum Gasteiger partial charge on any atom is 0.265 e. The number of nitrogens with one attached hydrogen (secondary N) is 1. The van der Waals surface area contributed by atoms with Gasteiger partial charge in [-0.3, -0.25) is 4.79 Å². The standard InChI is InChI=1S/C9H13BrN2O/c1-5(2)4-7-11-6(3)8(10)9(13)12-7/h5H,4H2,1-3H3,(H,11,12,13). The Morgan fingerprint density at radius 3 is 2.62 bits per heavy atom. The molecule has 0 unspecified atom stereocenters. The summed E-state index contributed by atoms with van der Waals surface area (Å²) in [6.45, 7) is 6.01. The van der Waals surface area contributed by atoms with Crippen LogP contribution in [-0.4, -0.2) is 9.97 Å². The zero-order valence-corrected chi connectivity index (χ0v) is 9.60. The molecule has 0 aromatic carbocycles. The molecule has 1 heterocycles. The van der Waals surface area contributed by atoms with Gasteiger partial charge in [-0.1, -0.05) is 13.8 Å². The summed E-state index contributed by atoms with van der Waals surface area (Å²) in [4.78, 5) is 18.3. The van der Waals surface area contributed by atoms with E-state index in [1.807, 2.05) is 6.92 Å². The third-order valence-electron chi connectivity index (χ3n) is 1.68. The van der Waals surface area contributed by atoms with E-state index in [1.165, 1.54) is 0 Å². The predicted octanol–water partition coefficient (Wildman–Crippen LogP) is 2.04. The van der Waals surface area contributed by atoms with Crippen molar-refractivity contribution in [1.82, 2.24) is 9.97 Å². The molecule has 0 radical (unpaired) electrons. The number of rotatable bonds is 2. The molecule has 0 fully saturated rings. The summed E-state index contributed by atoms with van der Waals surface area (Å²) >= 11 is 3.17. The molecule has 1 rings (SSSR count). The Morgan fingerprint density at radius 2 is 2.15 bits per heavy atom. The Labute approximate surface area is 85.7 Å². The highest BCUT2D eigenvalue weighted by Gasteiger charge is 2.05. The molecule has 1 aromatic rings. The monoisotopic (exact) mass is 244 g/mol. The first-order valence-electron chi connectivity index (χ1n) is 4.26. The van der Waals surface area contributed by atoms with Crippen LogP contribution in [0.2, 0.25) is 0 Å². The van der Waals surface area contributed by atoms with Crippen molar-refractivity contribution in [3.8, 4) is 0 Å². The van der Waals surface area contributed by atoms with Crippen LogP contribution in [0.5, 0.6) is 0 Å². The molecule has 0 saturated carbocycles. The highest BCUT2D eigenvalue weighted by atomic mass is 79.9. The molecule has 1 N–H and O–H groups in total. The van der Waals surface area contributed by atoms with Gasteiger partial charge in [0.05, 0.1) is 5.69 Å². The van der Waals surface area contributed by atoms with E-state index in [-0.39, 0.29) is 5.56 Å². The van der Waals surface area contributed by atoms with Crippen LogP contribution in [0.3, 0.4) is 0 Å². The van der Waals surface area contributed by atoms with Crippen LogP contribution in [0.1, 0.15) is 25.4 Å². The van der Waals surface area contributed by atoms with Crippen molar-refractivity contribution >= 4 is 15.9 Å². The van der Waals surface area contributed by atoms with Crippen molar-refractivity contribution in [2.75, 3.05) is 0 Å². The summed E-state index contributed by atoms with van der Waals surface area (Å²) in [6, 6.07) is 0. The molecule has 0 amide bonds. The molecule has 72 valence electrons. The van der Waals surface area contributed by atoms with Crippen molar-refractivity contribution in [3.05, 3.63) is 26.3 Å². The third-order valence-corrected chi connectivity index (χ3v) is 2.61. The molecule has 0 saturated heterocycles. The minimum atomic E-state index is -0.0943. The number of H-pyrrole nitrogens is 1. The Bertz CT molecular complexity index is 357. The van der Waals surface area contributed by atoms with Gasteiger partial charge in [-0.15, -0.1) is 0 Å². The Morgan fingerprint density at radius 1 is 1.54 bits per heavy atom. The van der Waals surface area contributed by atoms with E-state index in [2.05, 4.69) is 39.7 Å². The summed E-state index contributed by atoms with van der Waals surface area (Å²) in [5.74, 6) is 1.27. The van der Waals surface area contributed by atoms with Gasteiger partial charge in [0.15, 0.2) is 0 Å². The molecular weight excluding hydrogens is 232 g/mol. The van der Waals surface area contributed by atoms with Gasteiger partial charge >= 0.3 is 0 Å². The normalized spacial score (nSPS) is 10.8. The minimum absolute atomic E-state index is 0.0943. The molecular formula is C9H13BrN2O. The number of hydrogen-bond acceptors (Lipinski definition) is 2. The summed E-state index contributed by atoms with van der Waals surface area (Å²) in [6.07, 6.45) is 0.809. The fraction of sp³-hybridized carbons (Fsp3) is 0.556. The van der Waals surface area contributed by atoms with E-state index in [9.17, 15) is 4.79 Å². The maximum absolute atomic E-state index is 11.3. The van der Waals surface area contributed by atoms with Crippen LogP contribution in [0, 0.1) is 12.8 Å². The molecule has 3 nitrogen and oxygen atoms in total. The van der Waals surface area contributed by atoms with Gasteiger partial charge in [-0.25, -0.2) is 4.98 Å². The van der Waals surface area contributed by atoms with Crippen molar-refractivity contribution in [2.45, 2.75) is 27.2 Å². The zero-order chi connectivity index (χ0) is 10.0. The lowest BCUT2D eigenvalue weighted by atomic mass is 10.1. The SMILES string of the molecule is Cc1nc(CC(C)C)[nH]c(=O)c1Br. The second kappa shape index (κ2) is 4.05. The third kappa shape index (κ3) is 2.66. The predicted molar refractivity (Wildman–Crippen MR) is 55.8 cm³/mol. The van der Waals surface area contributed by atoms with E-state index in [4.69, 9.17) is 0 Å². The van der Waals surface area contributed by atoms with Gasteiger partial charge in [0.25, 0.3) is 5.56 Å². The first kappa shape index (κ1) is 10.4. The largest absolute Gasteiger partial charge is 0.310 e. The molecule has 0 bridgehead atoms. The van der Waals surface area contributed by atoms with Crippen LogP contribution in [0.15, 0.2) is 9.27 Å². The van der Waals surface area contributed by atoms with E-state index in [1.54, 1.807) is 0 Å². The number of nitrogens with zero attached hydrogens (tertiary/aromatic N) is 1. The number of hydrogen-bond donors (Lipinski definition) is 1. The van der Waals surface area contributed by atoms with Crippen molar-refractivity contribution in [3.63, 3.8) is 0 Å². The van der Waals surface area contributed by atoms with Crippen molar-refractivity contribution < 1.29 is 0 Å². The van der Waals surface area contributed by atoms with E-state index < -0.39 is 0 Å². The van der Waals surface area contributed by atoms with E-state index in [0.29, 0.717) is 10.4 Å². The number of aromatic amines is 1. The highest BCUT2D eigenvalue weighted by molar-refractivity contribution is 9.10. The van der Waals surface area contributed by atoms with Gasteiger partial charge in [0.2, 0.25) is 0 Å². The number of aromatic nitrogens is 2. The van der Waals surface area contributed by atoms with Gasteiger partial charge < -0.3 is 4.98 Å². The Kier molecular flexibility index (Phi) is 3.25. The summed E-state index contributed by atoms with van der Waals surface area (Å²) < 4.78 is 0.528. The fourth-order valence-electron chi connectivity index (χ4n) is 1.11. The molecule has 0 aliphatic heterocycles. The number of aryl methyl sites for hydroxylation is 1. The fourth-order valence-corrected chi connectivity index (χ4v) is 1.30. The highest BCUT2D eigenvalue weighted by Crippen LogP contribution is 2.08. The molecule has 0 atom stereocenters. The summed E-state index contributed by atoms with van der Waals surface area (Å²) in [7, 11) is 0. The van der Waals surface area contributed by atoms with Crippen LogP contribution >= 0.6 is 15.9 Å². The van der Waals surface area contributed by atoms with E-state index in [0.717, 1.165) is 17.9 Å². The quantitative estimate of drug-likeness (QED) is 0.866. The lowest BCUT2D eigenvalue weighted by Gasteiger charge is -2.05. The van der Waals surface area contributed by atoms with Crippen LogP contribution < -0.4 is 5.56 Å². The van der Waals surface area contributed by atoms with Gasteiger partial charge in [0.1, 0.15) is 10.3 Å².